The van der Waals surface area contributed by atoms with Crippen molar-refractivity contribution in [2.75, 3.05) is 11.1 Å². The van der Waals surface area contributed by atoms with Crippen LogP contribution < -0.4 is 5.32 Å². The van der Waals surface area contributed by atoms with Crippen molar-refractivity contribution >= 4 is 63.6 Å². The number of aliphatic carboxylic acids is 1. The van der Waals surface area contributed by atoms with E-state index in [1.807, 2.05) is 24.3 Å². The molecule has 2 N–H and O–H groups in total. The van der Waals surface area contributed by atoms with Crippen molar-refractivity contribution in [3.63, 3.8) is 0 Å². The summed E-state index contributed by atoms with van der Waals surface area (Å²) in [7, 11) is 0. The minimum atomic E-state index is -0.889. The van der Waals surface area contributed by atoms with Crippen LogP contribution in [0.25, 0.3) is 0 Å². The maximum Gasteiger partial charge on any atom is 0.309 e. The van der Waals surface area contributed by atoms with Crippen molar-refractivity contribution in [2.45, 2.75) is 37.9 Å². The van der Waals surface area contributed by atoms with Crippen LogP contribution in [0.5, 0.6) is 0 Å². The van der Waals surface area contributed by atoms with Gasteiger partial charge in [-0.3, -0.25) is 14.9 Å². The van der Waals surface area contributed by atoms with Crippen molar-refractivity contribution in [2.24, 2.45) is 5.41 Å². The van der Waals surface area contributed by atoms with Gasteiger partial charge in [-0.25, -0.2) is 19.3 Å². The van der Waals surface area contributed by atoms with Gasteiger partial charge >= 0.3 is 5.97 Å². The summed E-state index contributed by atoms with van der Waals surface area (Å²) in [5.74, 6) is -1.29. The number of nitrogens with zero attached hydrogens (tertiary/aromatic N) is 3. The fourth-order valence-corrected chi connectivity index (χ4v) is 6.32. The van der Waals surface area contributed by atoms with Crippen molar-refractivity contribution in [3.05, 3.63) is 78.5 Å². The molecule has 3 aromatic heterocycles. The highest BCUT2D eigenvalue weighted by Crippen LogP contribution is 2.35. The zero-order chi connectivity index (χ0) is 26.4. The number of carbonyl (C=O) groups is 2. The number of thioether (sulfide) groups is 1. The Hall–Kier alpha value is -2.93. The van der Waals surface area contributed by atoms with Gasteiger partial charge in [-0.2, -0.15) is 0 Å². The summed E-state index contributed by atoms with van der Waals surface area (Å²) in [4.78, 5) is 39.2. The Bertz CT molecular complexity index is 1400. The van der Waals surface area contributed by atoms with E-state index < -0.39 is 17.3 Å². The van der Waals surface area contributed by atoms with E-state index in [-0.39, 0.29) is 11.5 Å². The molecule has 0 spiro atoms. The molecule has 1 aromatic carbocycles. The van der Waals surface area contributed by atoms with Crippen LogP contribution >= 0.6 is 46.6 Å². The van der Waals surface area contributed by atoms with E-state index in [9.17, 15) is 19.1 Å². The number of carboxylic acids is 1. The van der Waals surface area contributed by atoms with Gasteiger partial charge < -0.3 is 5.11 Å². The van der Waals surface area contributed by atoms with Crippen molar-refractivity contribution in [3.8, 4) is 0 Å². The lowest BCUT2D eigenvalue weighted by atomic mass is 9.97. The van der Waals surface area contributed by atoms with Gasteiger partial charge in [0.25, 0.3) is 5.91 Å². The molecule has 0 radical (unpaired) electrons. The van der Waals surface area contributed by atoms with Crippen LogP contribution in [-0.2, 0) is 4.79 Å². The van der Waals surface area contributed by atoms with Crippen molar-refractivity contribution in [1.29, 1.82) is 0 Å². The van der Waals surface area contributed by atoms with Crippen LogP contribution in [-0.4, -0.2) is 37.7 Å². The predicted molar refractivity (Wildman–Crippen MR) is 145 cm³/mol. The molecule has 4 rings (SSSR count). The topological polar surface area (TPSA) is 105 Å². The zero-order valence-electron chi connectivity index (χ0n) is 19.7. The van der Waals surface area contributed by atoms with Crippen LogP contribution in [0.15, 0.2) is 91.0 Å². The lowest BCUT2D eigenvalue weighted by molar-refractivity contribution is -0.145. The molecule has 0 bridgehead atoms. The zero-order valence-corrected chi connectivity index (χ0v) is 22.9. The van der Waals surface area contributed by atoms with E-state index in [1.54, 1.807) is 44.4 Å². The molecule has 0 fully saturated rings. The summed E-state index contributed by atoms with van der Waals surface area (Å²) < 4.78 is 14.2. The summed E-state index contributed by atoms with van der Waals surface area (Å²) in [5, 5.41) is 13.8. The Morgan fingerprint density at radius 1 is 1.03 bits per heavy atom. The Kier molecular flexibility index (Phi) is 8.85. The highest BCUT2D eigenvalue weighted by atomic mass is 32.2. The van der Waals surface area contributed by atoms with Crippen LogP contribution in [0.4, 0.5) is 9.52 Å². The quantitative estimate of drug-likeness (QED) is 0.198. The number of carbonyl (C=O) groups excluding carboxylic acids is 1. The first-order chi connectivity index (χ1) is 17.7. The Labute approximate surface area is 229 Å². The summed E-state index contributed by atoms with van der Waals surface area (Å²) >= 11 is 5.27. The number of hydrogen-bond acceptors (Lipinski definition) is 9. The molecule has 0 aliphatic heterocycles. The van der Waals surface area contributed by atoms with E-state index in [4.69, 9.17) is 0 Å². The van der Waals surface area contributed by atoms with Gasteiger partial charge in [0.15, 0.2) is 5.13 Å². The van der Waals surface area contributed by atoms with E-state index >= 15 is 0 Å². The minimum Gasteiger partial charge on any atom is -0.481 e. The normalized spacial score (nSPS) is 11.3. The second-order valence-electron chi connectivity index (χ2n) is 8.24. The largest absolute Gasteiger partial charge is 0.481 e. The van der Waals surface area contributed by atoms with Crippen LogP contribution in [0.3, 0.4) is 0 Å². The smallest absolute Gasteiger partial charge is 0.309 e. The molecule has 190 valence electrons. The van der Waals surface area contributed by atoms with E-state index in [0.717, 1.165) is 14.1 Å². The third-order valence-corrected chi connectivity index (χ3v) is 9.31. The highest BCUT2D eigenvalue weighted by molar-refractivity contribution is 8.01. The van der Waals surface area contributed by atoms with E-state index in [2.05, 4.69) is 20.3 Å². The van der Waals surface area contributed by atoms with Gasteiger partial charge in [-0.1, -0.05) is 40.9 Å². The molecule has 0 atom stereocenters. The number of anilines is 1. The molecular formula is C25H21FN4O3S4. The number of hydrogen-bond donors (Lipinski definition) is 2. The molecule has 1 amide bonds. The molecule has 4 aromatic rings. The molecule has 7 nitrogen and oxygen atoms in total. The Morgan fingerprint density at radius 2 is 1.81 bits per heavy atom. The number of nitrogens with one attached hydrogen (secondary N) is 1. The SMILES string of the molecule is CC(C)(CSc1cnc(NC(=O)c2nc(Sc3ccccn3)ccc2Sc2ccc(F)cc2)s1)C(=O)O. The lowest BCUT2D eigenvalue weighted by Crippen LogP contribution is -2.26. The maximum absolute atomic E-state index is 13.4. The van der Waals surface area contributed by atoms with Gasteiger partial charge in [-0.05, 0) is 62.4 Å². The predicted octanol–water partition coefficient (Wildman–Crippen LogP) is 6.83. The molecule has 0 saturated carbocycles. The fraction of sp³-hybridized carbons (Fsp3) is 0.160. The Balaban J connectivity index is 1.55. The van der Waals surface area contributed by atoms with E-state index in [0.29, 0.717) is 20.8 Å². The van der Waals surface area contributed by atoms with Crippen LogP contribution in [0, 0.1) is 11.2 Å². The second kappa shape index (κ2) is 12.1. The first kappa shape index (κ1) is 27.1. The fourth-order valence-electron chi connectivity index (χ4n) is 2.73. The molecule has 12 heteroatoms. The van der Waals surface area contributed by atoms with Gasteiger partial charge in [0.2, 0.25) is 0 Å². The molecule has 0 aliphatic carbocycles. The molecule has 3 heterocycles. The number of halogens is 1. The monoisotopic (exact) mass is 572 g/mol. The second-order valence-corrected chi connectivity index (χ2v) is 12.7. The third kappa shape index (κ3) is 7.54. The number of pyridine rings is 2. The van der Waals surface area contributed by atoms with Gasteiger partial charge in [-0.15, -0.1) is 11.8 Å². The first-order valence-corrected chi connectivity index (χ1v) is 14.3. The lowest BCUT2D eigenvalue weighted by Gasteiger charge is -2.17. The summed E-state index contributed by atoms with van der Waals surface area (Å²) in [5.41, 5.74) is -0.688. The molecule has 37 heavy (non-hydrogen) atoms. The maximum atomic E-state index is 13.4. The van der Waals surface area contributed by atoms with Crippen molar-refractivity contribution in [1.82, 2.24) is 15.0 Å². The van der Waals surface area contributed by atoms with Crippen LogP contribution in [0.2, 0.25) is 0 Å². The molecule has 0 aliphatic rings. The summed E-state index contributed by atoms with van der Waals surface area (Å²) in [6.45, 7) is 3.32. The average molecular weight is 573 g/mol. The molecule has 0 unspecified atom stereocenters. The van der Waals surface area contributed by atoms with Gasteiger partial charge in [0, 0.05) is 21.7 Å². The Morgan fingerprint density at radius 3 is 2.51 bits per heavy atom. The van der Waals surface area contributed by atoms with Crippen molar-refractivity contribution < 1.29 is 19.1 Å². The molecule has 0 saturated heterocycles. The number of benzene rings is 1. The van der Waals surface area contributed by atoms with Gasteiger partial charge in [0.05, 0.1) is 15.8 Å². The highest BCUT2D eigenvalue weighted by Gasteiger charge is 2.27. The first-order valence-electron chi connectivity index (χ1n) is 10.9. The summed E-state index contributed by atoms with van der Waals surface area (Å²) in [6.07, 6.45) is 3.29. The number of rotatable bonds is 10. The number of thiazole rings is 1. The van der Waals surface area contributed by atoms with Crippen LogP contribution in [0.1, 0.15) is 24.3 Å². The third-order valence-electron chi connectivity index (χ3n) is 4.80. The standard InChI is InChI=1S/C25H21FN4O3S4/c1-25(2,23(32)33)14-34-20-13-28-24(37-20)30-22(31)21-17(35-16-8-6-15(26)7-9-16)10-11-19(29-21)36-18-5-3-4-12-27-18/h3-13H,14H2,1-2H3,(H,32,33)(H,28,30,31). The number of aromatic nitrogens is 3. The number of amides is 1. The molecular weight excluding hydrogens is 552 g/mol. The average Bonchev–Trinajstić information content (AvgIpc) is 3.33. The summed E-state index contributed by atoms with van der Waals surface area (Å²) in [6, 6.07) is 15.2. The van der Waals surface area contributed by atoms with Gasteiger partial charge in [0.1, 0.15) is 21.6 Å². The minimum absolute atomic E-state index is 0.201. The van der Waals surface area contributed by atoms with E-state index in [1.165, 1.54) is 58.8 Å². The number of carboxylic acid groups (broad SMARTS) is 1.